The van der Waals surface area contributed by atoms with Gasteiger partial charge in [0, 0.05) is 19.3 Å². The third-order valence-corrected chi connectivity index (χ3v) is 2.87. The van der Waals surface area contributed by atoms with Crippen molar-refractivity contribution in [3.63, 3.8) is 0 Å². The molecular formula is C10H12ClN3O2. The van der Waals surface area contributed by atoms with E-state index in [-0.39, 0.29) is 5.92 Å². The average Bonchev–Trinajstić information content (AvgIpc) is 2.29. The van der Waals surface area contributed by atoms with E-state index in [9.17, 15) is 4.79 Å². The first-order chi connectivity index (χ1) is 7.66. The number of anilines is 1. The largest absolute Gasteiger partial charge is 0.481 e. The van der Waals surface area contributed by atoms with Crippen molar-refractivity contribution in [2.45, 2.75) is 12.8 Å². The van der Waals surface area contributed by atoms with Gasteiger partial charge in [-0.1, -0.05) is 11.6 Å². The lowest BCUT2D eigenvalue weighted by Gasteiger charge is -2.30. The molecule has 2 heterocycles. The number of hydrogen-bond donors (Lipinski definition) is 1. The minimum atomic E-state index is -0.758. The second-order valence-corrected chi connectivity index (χ2v) is 4.19. The molecule has 1 saturated heterocycles. The van der Waals surface area contributed by atoms with Gasteiger partial charge in [-0.15, -0.1) is 0 Å². The van der Waals surface area contributed by atoms with Gasteiger partial charge in [0.2, 0.25) is 5.95 Å². The smallest absolute Gasteiger partial charge is 0.308 e. The highest BCUT2D eigenvalue weighted by Gasteiger charge is 2.26. The molecule has 1 aliphatic heterocycles. The molecule has 1 atom stereocenters. The van der Waals surface area contributed by atoms with E-state index >= 15 is 0 Å². The molecule has 1 unspecified atom stereocenters. The van der Waals surface area contributed by atoms with Crippen LogP contribution in [0.1, 0.15) is 12.8 Å². The van der Waals surface area contributed by atoms with Gasteiger partial charge in [0.25, 0.3) is 0 Å². The summed E-state index contributed by atoms with van der Waals surface area (Å²) in [5, 5.41) is 9.34. The molecule has 6 heteroatoms. The molecule has 1 fully saturated rings. The van der Waals surface area contributed by atoms with Gasteiger partial charge < -0.3 is 10.0 Å². The summed E-state index contributed by atoms with van der Waals surface area (Å²) in [6.45, 7) is 1.24. The quantitative estimate of drug-likeness (QED) is 0.794. The highest BCUT2D eigenvalue weighted by atomic mass is 35.5. The summed E-state index contributed by atoms with van der Waals surface area (Å²) in [6, 6.07) is 1.60. The number of halogens is 1. The third kappa shape index (κ3) is 2.41. The number of piperidine rings is 1. The van der Waals surface area contributed by atoms with Crippen molar-refractivity contribution in [3.05, 3.63) is 17.4 Å². The normalized spacial score (nSPS) is 20.8. The molecule has 0 saturated carbocycles. The van der Waals surface area contributed by atoms with Crippen LogP contribution in [0.3, 0.4) is 0 Å². The van der Waals surface area contributed by atoms with Gasteiger partial charge in [0.15, 0.2) is 0 Å². The zero-order chi connectivity index (χ0) is 11.5. The third-order valence-electron chi connectivity index (χ3n) is 2.66. The molecule has 2 rings (SSSR count). The first-order valence-electron chi connectivity index (χ1n) is 5.13. The van der Waals surface area contributed by atoms with E-state index in [2.05, 4.69) is 9.97 Å². The van der Waals surface area contributed by atoms with Crippen LogP contribution in [-0.4, -0.2) is 34.1 Å². The number of aromatic nitrogens is 2. The van der Waals surface area contributed by atoms with Crippen LogP contribution in [0.25, 0.3) is 0 Å². The van der Waals surface area contributed by atoms with Gasteiger partial charge >= 0.3 is 5.97 Å². The molecular weight excluding hydrogens is 230 g/mol. The van der Waals surface area contributed by atoms with E-state index in [1.165, 1.54) is 0 Å². The SMILES string of the molecule is O=C(O)C1CCCN(c2nccc(Cl)n2)C1. The van der Waals surface area contributed by atoms with Gasteiger partial charge in [0.1, 0.15) is 5.15 Å². The van der Waals surface area contributed by atoms with Gasteiger partial charge in [-0.25, -0.2) is 9.97 Å². The summed E-state index contributed by atoms with van der Waals surface area (Å²) in [7, 11) is 0. The Morgan fingerprint density at radius 2 is 2.44 bits per heavy atom. The maximum atomic E-state index is 10.9. The van der Waals surface area contributed by atoms with Crippen molar-refractivity contribution in [2.24, 2.45) is 5.92 Å². The molecule has 0 aromatic carbocycles. The first kappa shape index (κ1) is 11.1. The molecule has 86 valence electrons. The van der Waals surface area contributed by atoms with Crippen LogP contribution >= 0.6 is 11.6 Å². The molecule has 1 aromatic rings. The Balaban J connectivity index is 2.12. The highest BCUT2D eigenvalue weighted by Crippen LogP contribution is 2.21. The van der Waals surface area contributed by atoms with Crippen LogP contribution in [0, 0.1) is 5.92 Å². The average molecular weight is 242 g/mol. The Hall–Kier alpha value is -1.36. The summed E-state index contributed by atoms with van der Waals surface area (Å²) >= 11 is 5.77. The Morgan fingerprint density at radius 3 is 3.12 bits per heavy atom. The minimum Gasteiger partial charge on any atom is -0.481 e. The number of rotatable bonds is 2. The predicted octanol–water partition coefficient (Wildman–Crippen LogP) is 1.43. The number of carboxylic acids is 1. The molecule has 16 heavy (non-hydrogen) atoms. The Morgan fingerprint density at radius 1 is 1.62 bits per heavy atom. The van der Waals surface area contributed by atoms with Gasteiger partial charge in [-0.2, -0.15) is 0 Å². The molecule has 0 amide bonds. The molecule has 1 N–H and O–H groups in total. The van der Waals surface area contributed by atoms with Crippen molar-refractivity contribution >= 4 is 23.5 Å². The van der Waals surface area contributed by atoms with Crippen LogP contribution in [0.5, 0.6) is 0 Å². The van der Waals surface area contributed by atoms with Crippen molar-refractivity contribution in [1.82, 2.24) is 9.97 Å². The molecule has 0 spiro atoms. The predicted molar refractivity (Wildman–Crippen MR) is 59.6 cm³/mol. The van der Waals surface area contributed by atoms with Gasteiger partial charge in [0.05, 0.1) is 5.92 Å². The fourth-order valence-corrected chi connectivity index (χ4v) is 1.97. The monoisotopic (exact) mass is 241 g/mol. The van der Waals surface area contributed by atoms with Gasteiger partial charge in [-0.05, 0) is 18.9 Å². The lowest BCUT2D eigenvalue weighted by Crippen LogP contribution is -2.39. The van der Waals surface area contributed by atoms with E-state index < -0.39 is 5.97 Å². The molecule has 1 aliphatic rings. The van der Waals surface area contributed by atoms with E-state index in [0.29, 0.717) is 24.1 Å². The number of carbonyl (C=O) groups is 1. The number of aliphatic carboxylic acids is 1. The van der Waals surface area contributed by atoms with Crippen LogP contribution in [-0.2, 0) is 4.79 Å². The maximum absolute atomic E-state index is 10.9. The van der Waals surface area contributed by atoms with E-state index in [1.54, 1.807) is 12.3 Å². The lowest BCUT2D eigenvalue weighted by molar-refractivity contribution is -0.141. The standard InChI is InChI=1S/C10H12ClN3O2/c11-8-3-4-12-10(13-8)14-5-1-2-7(6-14)9(15)16/h3-4,7H,1-2,5-6H2,(H,15,16). The zero-order valence-electron chi connectivity index (χ0n) is 8.64. The number of hydrogen-bond acceptors (Lipinski definition) is 4. The fraction of sp³-hybridized carbons (Fsp3) is 0.500. The van der Waals surface area contributed by atoms with Crippen molar-refractivity contribution in [2.75, 3.05) is 18.0 Å². The zero-order valence-corrected chi connectivity index (χ0v) is 9.39. The number of nitrogens with zero attached hydrogens (tertiary/aromatic N) is 3. The Bertz CT molecular complexity index is 399. The summed E-state index contributed by atoms with van der Waals surface area (Å²) in [6.07, 6.45) is 3.13. The summed E-state index contributed by atoms with van der Waals surface area (Å²) in [5.41, 5.74) is 0. The topological polar surface area (TPSA) is 66.3 Å². The second kappa shape index (κ2) is 4.65. The second-order valence-electron chi connectivity index (χ2n) is 3.80. The summed E-state index contributed by atoms with van der Waals surface area (Å²) in [5.74, 6) is -0.582. The molecule has 5 nitrogen and oxygen atoms in total. The van der Waals surface area contributed by atoms with Crippen LogP contribution in [0.4, 0.5) is 5.95 Å². The van der Waals surface area contributed by atoms with Crippen molar-refractivity contribution in [3.8, 4) is 0 Å². The molecule has 0 radical (unpaired) electrons. The van der Waals surface area contributed by atoms with Crippen molar-refractivity contribution in [1.29, 1.82) is 0 Å². The molecule has 1 aromatic heterocycles. The van der Waals surface area contributed by atoms with E-state index in [4.69, 9.17) is 16.7 Å². The van der Waals surface area contributed by atoms with Crippen LogP contribution < -0.4 is 4.90 Å². The Kier molecular flexibility index (Phi) is 3.24. The molecule has 0 bridgehead atoms. The Labute approximate surface area is 98.1 Å². The highest BCUT2D eigenvalue weighted by molar-refractivity contribution is 6.29. The number of carboxylic acid groups (broad SMARTS) is 1. The summed E-state index contributed by atoms with van der Waals surface area (Å²) in [4.78, 5) is 20.9. The lowest BCUT2D eigenvalue weighted by atomic mass is 9.99. The van der Waals surface area contributed by atoms with Crippen LogP contribution in [0.15, 0.2) is 12.3 Å². The molecule has 0 aliphatic carbocycles. The van der Waals surface area contributed by atoms with Crippen molar-refractivity contribution < 1.29 is 9.90 Å². The maximum Gasteiger partial charge on any atom is 0.308 e. The summed E-state index contributed by atoms with van der Waals surface area (Å²) < 4.78 is 0. The fourth-order valence-electron chi connectivity index (χ4n) is 1.84. The van der Waals surface area contributed by atoms with Crippen LogP contribution in [0.2, 0.25) is 5.15 Å². The van der Waals surface area contributed by atoms with E-state index in [1.807, 2.05) is 4.90 Å². The van der Waals surface area contributed by atoms with Gasteiger partial charge in [-0.3, -0.25) is 4.79 Å². The first-order valence-corrected chi connectivity index (χ1v) is 5.51. The van der Waals surface area contributed by atoms with E-state index in [0.717, 1.165) is 13.0 Å². The minimum absolute atomic E-state index is 0.337.